The Morgan fingerprint density at radius 2 is 1.50 bits per heavy atom. The van der Waals surface area contributed by atoms with Crippen LogP contribution in [-0.2, 0) is 0 Å². The molecule has 4 aromatic carbocycles. The third kappa shape index (κ3) is 2.04. The smallest absolute Gasteiger partial charge is 0.273 e. The Morgan fingerprint density at radius 3 is 2.29 bits per heavy atom. The molecule has 0 fully saturated rings. The number of para-hydroxylation sites is 1. The van der Waals surface area contributed by atoms with E-state index in [4.69, 9.17) is 9.73 Å². The number of ether oxygens (including phenoxy) is 1. The summed E-state index contributed by atoms with van der Waals surface area (Å²) < 4.78 is 6.83. The zero-order valence-corrected chi connectivity index (χ0v) is 16.2. The number of hydrogen-bond acceptors (Lipinski definition) is 4. The van der Waals surface area contributed by atoms with Gasteiger partial charge in [0.2, 0.25) is 0 Å². The van der Waals surface area contributed by atoms with Gasteiger partial charge in [0.25, 0.3) is 5.06 Å². The second kappa shape index (κ2) is 5.76. The largest absolute Gasteiger partial charge is 0.450 e. The normalized spacial score (nSPS) is 19.8. The molecular formula is C24H18N2OS. The highest BCUT2D eigenvalue weighted by Crippen LogP contribution is 2.55. The Hall–Kier alpha value is -2.98. The van der Waals surface area contributed by atoms with E-state index in [2.05, 4.69) is 84.6 Å². The zero-order valence-electron chi connectivity index (χ0n) is 15.4. The van der Waals surface area contributed by atoms with Crippen molar-refractivity contribution in [1.82, 2.24) is 0 Å². The fourth-order valence-corrected chi connectivity index (χ4v) is 5.66. The monoisotopic (exact) mass is 382 g/mol. The van der Waals surface area contributed by atoms with Gasteiger partial charge in [0.1, 0.15) is 5.69 Å². The summed E-state index contributed by atoms with van der Waals surface area (Å²) in [5.74, 6) is 0.871. The fourth-order valence-electron chi connectivity index (χ4n) is 4.35. The second-order valence-electron chi connectivity index (χ2n) is 7.07. The SMILES string of the molecule is CCN1c2ccccc2SC12C=Nc1c(c3ccccc3c3ccccc13)O2. The summed E-state index contributed by atoms with van der Waals surface area (Å²) in [6, 6.07) is 25.4. The molecular weight excluding hydrogens is 364 g/mol. The number of thioether (sulfide) groups is 1. The van der Waals surface area contributed by atoms with Crippen molar-refractivity contribution in [2.75, 3.05) is 11.4 Å². The molecule has 2 heterocycles. The summed E-state index contributed by atoms with van der Waals surface area (Å²) in [4.78, 5) is 8.50. The summed E-state index contributed by atoms with van der Waals surface area (Å²) in [5, 5.41) is 4.01. The van der Waals surface area contributed by atoms with Gasteiger partial charge in [-0.2, -0.15) is 0 Å². The van der Waals surface area contributed by atoms with Gasteiger partial charge in [-0.1, -0.05) is 60.7 Å². The third-order valence-electron chi connectivity index (χ3n) is 5.57. The van der Waals surface area contributed by atoms with Crippen molar-refractivity contribution in [3.63, 3.8) is 0 Å². The van der Waals surface area contributed by atoms with Crippen LogP contribution in [0.3, 0.4) is 0 Å². The van der Waals surface area contributed by atoms with Crippen molar-refractivity contribution in [2.45, 2.75) is 16.9 Å². The number of nitrogens with zero attached hydrogens (tertiary/aromatic N) is 2. The molecule has 3 nitrogen and oxygen atoms in total. The van der Waals surface area contributed by atoms with E-state index in [1.807, 2.05) is 6.21 Å². The quantitative estimate of drug-likeness (QED) is 0.357. The molecule has 1 spiro atoms. The lowest BCUT2D eigenvalue weighted by Gasteiger charge is -2.38. The summed E-state index contributed by atoms with van der Waals surface area (Å²) in [6.45, 7) is 3.01. The highest BCUT2D eigenvalue weighted by molar-refractivity contribution is 8.01. The Labute approximate surface area is 167 Å². The minimum absolute atomic E-state index is 0.642. The van der Waals surface area contributed by atoms with Gasteiger partial charge in [0.05, 0.1) is 11.9 Å². The summed E-state index contributed by atoms with van der Waals surface area (Å²) in [6.07, 6.45) is 1.98. The van der Waals surface area contributed by atoms with E-state index in [1.165, 1.54) is 21.4 Å². The molecule has 0 bridgehead atoms. The lowest BCUT2D eigenvalue weighted by Crippen LogP contribution is -2.50. The number of rotatable bonds is 1. The van der Waals surface area contributed by atoms with E-state index in [1.54, 1.807) is 11.8 Å². The Morgan fingerprint density at radius 1 is 0.857 bits per heavy atom. The van der Waals surface area contributed by atoms with Gasteiger partial charge in [-0.15, -0.1) is 0 Å². The highest BCUT2D eigenvalue weighted by Gasteiger charge is 2.47. The molecule has 0 N–H and O–H groups in total. The fraction of sp³-hybridized carbons (Fsp3) is 0.125. The third-order valence-corrected chi connectivity index (χ3v) is 6.84. The van der Waals surface area contributed by atoms with E-state index >= 15 is 0 Å². The molecule has 4 heteroatoms. The average Bonchev–Trinajstić information content (AvgIpc) is 3.06. The van der Waals surface area contributed by atoms with Gasteiger partial charge >= 0.3 is 0 Å². The molecule has 0 saturated carbocycles. The molecule has 0 radical (unpaired) electrons. The van der Waals surface area contributed by atoms with Gasteiger partial charge in [0, 0.05) is 22.2 Å². The minimum atomic E-state index is -0.642. The first kappa shape index (κ1) is 16.0. The molecule has 0 aromatic heterocycles. The van der Waals surface area contributed by atoms with Crippen molar-refractivity contribution >= 4 is 50.9 Å². The molecule has 1 unspecified atom stereocenters. The lowest BCUT2D eigenvalue weighted by molar-refractivity contribution is 0.237. The predicted molar refractivity (Wildman–Crippen MR) is 118 cm³/mol. The van der Waals surface area contributed by atoms with Crippen molar-refractivity contribution < 1.29 is 4.74 Å². The van der Waals surface area contributed by atoms with Crippen LogP contribution in [0.15, 0.2) is 82.7 Å². The van der Waals surface area contributed by atoms with Crippen LogP contribution in [0.25, 0.3) is 21.5 Å². The topological polar surface area (TPSA) is 24.8 Å². The van der Waals surface area contributed by atoms with E-state index in [-0.39, 0.29) is 0 Å². The molecule has 2 aliphatic heterocycles. The van der Waals surface area contributed by atoms with Crippen molar-refractivity contribution in [3.8, 4) is 5.75 Å². The van der Waals surface area contributed by atoms with Crippen LogP contribution in [0.1, 0.15) is 6.92 Å². The number of anilines is 1. The minimum Gasteiger partial charge on any atom is -0.450 e. The highest BCUT2D eigenvalue weighted by atomic mass is 32.2. The van der Waals surface area contributed by atoms with Crippen LogP contribution < -0.4 is 9.64 Å². The predicted octanol–water partition coefficient (Wildman–Crippen LogP) is 6.37. The van der Waals surface area contributed by atoms with E-state index < -0.39 is 5.06 Å². The van der Waals surface area contributed by atoms with Gasteiger partial charge < -0.3 is 9.64 Å². The molecule has 136 valence electrons. The molecule has 6 rings (SSSR count). The first-order valence-corrected chi connectivity index (χ1v) is 10.4. The number of aliphatic imine (C=N–C) groups is 1. The molecule has 0 amide bonds. The molecule has 0 saturated heterocycles. The van der Waals surface area contributed by atoms with Gasteiger partial charge in [-0.05, 0) is 41.6 Å². The van der Waals surface area contributed by atoms with Crippen molar-refractivity contribution in [1.29, 1.82) is 0 Å². The first-order valence-electron chi connectivity index (χ1n) is 9.54. The number of benzene rings is 4. The molecule has 2 aliphatic rings. The molecule has 1 atom stereocenters. The average molecular weight is 382 g/mol. The molecule has 0 aliphatic carbocycles. The van der Waals surface area contributed by atoms with Gasteiger partial charge in [-0.25, -0.2) is 4.99 Å². The first-order chi connectivity index (χ1) is 13.8. The standard InChI is InChI=1S/C24H18N2OS/c1-2-26-20-13-7-8-14-21(20)28-24(26)15-25-22-18-11-5-3-9-16(18)17-10-4-6-12-19(17)23(22)27-24/h3-15H,2H2,1H3. The second-order valence-corrected chi connectivity index (χ2v) is 8.30. The Kier molecular flexibility index (Phi) is 3.29. The van der Waals surface area contributed by atoms with Crippen LogP contribution >= 0.6 is 11.8 Å². The van der Waals surface area contributed by atoms with Crippen LogP contribution in [0.4, 0.5) is 11.4 Å². The van der Waals surface area contributed by atoms with Gasteiger partial charge in [0.15, 0.2) is 5.75 Å². The maximum absolute atomic E-state index is 6.83. The number of hydrogen-bond donors (Lipinski definition) is 0. The lowest BCUT2D eigenvalue weighted by atomic mass is 9.99. The van der Waals surface area contributed by atoms with Crippen molar-refractivity contribution in [2.24, 2.45) is 4.99 Å². The molecule has 4 aromatic rings. The van der Waals surface area contributed by atoms with E-state index in [0.29, 0.717) is 0 Å². The van der Waals surface area contributed by atoms with E-state index in [9.17, 15) is 0 Å². The van der Waals surface area contributed by atoms with Crippen molar-refractivity contribution in [3.05, 3.63) is 72.8 Å². The summed E-state index contributed by atoms with van der Waals surface area (Å²) in [5.41, 5.74) is 2.13. The number of fused-ring (bicyclic) bond motifs is 7. The maximum atomic E-state index is 6.83. The Bertz CT molecular complexity index is 1280. The van der Waals surface area contributed by atoms with Crippen LogP contribution in [0.2, 0.25) is 0 Å². The van der Waals surface area contributed by atoms with E-state index in [0.717, 1.165) is 28.8 Å². The zero-order chi connectivity index (χ0) is 18.7. The summed E-state index contributed by atoms with van der Waals surface area (Å²) >= 11 is 1.72. The van der Waals surface area contributed by atoms with Crippen LogP contribution in [0.5, 0.6) is 5.75 Å². The van der Waals surface area contributed by atoms with Crippen LogP contribution in [0, 0.1) is 0 Å². The summed E-state index contributed by atoms with van der Waals surface area (Å²) in [7, 11) is 0. The Balaban J connectivity index is 1.62. The molecule has 28 heavy (non-hydrogen) atoms. The maximum Gasteiger partial charge on any atom is 0.273 e. The van der Waals surface area contributed by atoms with Gasteiger partial charge in [-0.3, -0.25) is 0 Å². The van der Waals surface area contributed by atoms with Crippen LogP contribution in [-0.4, -0.2) is 17.8 Å².